The minimum absolute atomic E-state index is 0.163. The summed E-state index contributed by atoms with van der Waals surface area (Å²) in [6.45, 7) is 0. The van der Waals surface area contributed by atoms with Crippen LogP contribution in [0.15, 0.2) is 12.2 Å². The average molecular weight is 405 g/mol. The first-order valence-electron chi connectivity index (χ1n) is 5.08. The van der Waals surface area contributed by atoms with Crippen molar-refractivity contribution >= 4 is 57.7 Å². The number of carbonyl (C=O) groups is 1. The zero-order valence-corrected chi connectivity index (χ0v) is 13.1. The molecule has 3 rings (SSSR count). The zero-order chi connectivity index (χ0) is 12.5. The van der Waals surface area contributed by atoms with Crippen molar-refractivity contribution in [2.45, 2.75) is 15.7 Å². The maximum absolute atomic E-state index is 11.9. The monoisotopic (exact) mass is 403 g/mol. The van der Waals surface area contributed by atoms with Gasteiger partial charge in [0.2, 0.25) is 5.91 Å². The highest BCUT2D eigenvalue weighted by Crippen LogP contribution is 2.56. The lowest BCUT2D eigenvalue weighted by atomic mass is 9.59. The Kier molecular flexibility index (Phi) is 2.72. The highest BCUT2D eigenvalue weighted by Gasteiger charge is 2.64. The van der Waals surface area contributed by atoms with Crippen molar-refractivity contribution in [3.8, 4) is 0 Å². The second-order valence-electron chi connectivity index (χ2n) is 4.52. The molecule has 8 heteroatoms. The second-order valence-corrected chi connectivity index (χ2v) is 9.02. The number of allylic oxidation sites excluding steroid dienone is 1. The van der Waals surface area contributed by atoms with Gasteiger partial charge in [0.15, 0.2) is 0 Å². The van der Waals surface area contributed by atoms with E-state index >= 15 is 0 Å². The summed E-state index contributed by atoms with van der Waals surface area (Å²) in [5.74, 6) is -0.175. The number of β-lactam (4-membered cyclic amide) rings is 1. The molecule has 0 spiro atoms. The van der Waals surface area contributed by atoms with Crippen molar-refractivity contribution in [1.29, 1.82) is 0 Å². The van der Waals surface area contributed by atoms with Gasteiger partial charge in [-0.2, -0.15) is 8.42 Å². The number of carbonyl (C=O) groups excluding carboxylic acids is 1. The fraction of sp³-hybridized carbons (Fsp3) is 0.667. The summed E-state index contributed by atoms with van der Waals surface area (Å²) in [5.41, 5.74) is 0. The molecule has 2 fully saturated rings. The van der Waals surface area contributed by atoms with Gasteiger partial charge >= 0.3 is 9.24 Å². The van der Waals surface area contributed by atoms with Crippen LogP contribution in [0.3, 0.4) is 0 Å². The molecule has 0 radical (unpaired) electrons. The quantitative estimate of drug-likeness (QED) is 0.288. The molecule has 0 bridgehead atoms. The number of hydrogen-bond donors (Lipinski definition) is 0. The molecule has 1 saturated heterocycles. The first-order valence-corrected chi connectivity index (χ1v) is 9.18. The SMILES string of the molecule is O=C1[C@@H]2[C@@H]3[C@H](Br)[C@H](Br)[C@@H]3C=C[C@H]2N1S(=O)(=O)Cl. The number of rotatable bonds is 1. The third kappa shape index (κ3) is 1.52. The predicted molar refractivity (Wildman–Crippen MR) is 70.4 cm³/mol. The Morgan fingerprint density at radius 2 is 1.88 bits per heavy atom. The molecule has 94 valence electrons. The lowest BCUT2D eigenvalue weighted by Crippen LogP contribution is -2.70. The Morgan fingerprint density at radius 3 is 2.47 bits per heavy atom. The van der Waals surface area contributed by atoms with Crippen molar-refractivity contribution < 1.29 is 13.2 Å². The lowest BCUT2D eigenvalue weighted by Gasteiger charge is -2.58. The van der Waals surface area contributed by atoms with Crippen molar-refractivity contribution in [1.82, 2.24) is 4.31 Å². The van der Waals surface area contributed by atoms with Crippen LogP contribution in [0, 0.1) is 17.8 Å². The van der Waals surface area contributed by atoms with Gasteiger partial charge in [-0.05, 0) is 11.8 Å². The molecular formula is C9H8Br2ClNO3S. The van der Waals surface area contributed by atoms with Gasteiger partial charge in [-0.3, -0.25) is 4.79 Å². The van der Waals surface area contributed by atoms with Gasteiger partial charge in [-0.15, -0.1) is 0 Å². The zero-order valence-electron chi connectivity index (χ0n) is 8.33. The van der Waals surface area contributed by atoms with Gasteiger partial charge in [-0.25, -0.2) is 4.31 Å². The van der Waals surface area contributed by atoms with Crippen molar-refractivity contribution in [3.63, 3.8) is 0 Å². The minimum Gasteiger partial charge on any atom is -0.273 e. The predicted octanol–water partition coefficient (Wildman–Crippen LogP) is 1.64. The number of amides is 1. The Morgan fingerprint density at radius 1 is 1.24 bits per heavy atom. The number of halogens is 3. The second kappa shape index (κ2) is 3.71. The number of fused-ring (bicyclic) bond motifs is 3. The van der Waals surface area contributed by atoms with Crippen LogP contribution in [-0.2, 0) is 14.0 Å². The summed E-state index contributed by atoms with van der Waals surface area (Å²) in [7, 11) is 1.28. The fourth-order valence-corrected chi connectivity index (χ4v) is 6.19. The van der Waals surface area contributed by atoms with E-state index in [0.29, 0.717) is 10.7 Å². The van der Waals surface area contributed by atoms with E-state index in [1.165, 1.54) is 0 Å². The minimum atomic E-state index is -3.96. The molecule has 0 N–H and O–H groups in total. The first-order chi connectivity index (χ1) is 7.84. The molecule has 0 aromatic rings. The van der Waals surface area contributed by atoms with E-state index in [1.54, 1.807) is 6.08 Å². The molecule has 1 aliphatic heterocycles. The van der Waals surface area contributed by atoms with Crippen LogP contribution in [0.5, 0.6) is 0 Å². The normalized spacial score (nSPS) is 47.9. The summed E-state index contributed by atoms with van der Waals surface area (Å²) >= 11 is 7.08. The number of alkyl halides is 2. The molecule has 6 atom stereocenters. The van der Waals surface area contributed by atoms with Crippen LogP contribution in [0.2, 0.25) is 0 Å². The molecular weight excluding hydrogens is 397 g/mol. The molecule has 1 heterocycles. The van der Waals surface area contributed by atoms with E-state index in [9.17, 15) is 13.2 Å². The van der Waals surface area contributed by atoms with Gasteiger partial charge in [0.1, 0.15) is 0 Å². The van der Waals surface area contributed by atoms with Crippen LogP contribution in [0.25, 0.3) is 0 Å². The summed E-state index contributed by atoms with van der Waals surface area (Å²) < 4.78 is 23.3. The smallest absolute Gasteiger partial charge is 0.273 e. The van der Waals surface area contributed by atoms with Crippen molar-refractivity contribution in [3.05, 3.63) is 12.2 Å². The lowest BCUT2D eigenvalue weighted by molar-refractivity contribution is -0.151. The molecule has 3 aliphatic rings. The summed E-state index contributed by atoms with van der Waals surface area (Å²) in [6, 6.07) is -0.397. The van der Waals surface area contributed by atoms with Crippen LogP contribution in [0.4, 0.5) is 0 Å². The Bertz CT molecular complexity index is 522. The van der Waals surface area contributed by atoms with Gasteiger partial charge in [0.05, 0.1) is 12.0 Å². The average Bonchev–Trinajstić information content (AvgIpc) is 2.24. The molecule has 2 aliphatic carbocycles. The third-order valence-electron chi connectivity index (χ3n) is 3.81. The van der Waals surface area contributed by atoms with Crippen molar-refractivity contribution in [2.24, 2.45) is 17.8 Å². The van der Waals surface area contributed by atoms with Crippen LogP contribution < -0.4 is 0 Å². The van der Waals surface area contributed by atoms with E-state index in [0.717, 1.165) is 4.31 Å². The molecule has 0 aromatic carbocycles. The van der Waals surface area contributed by atoms with E-state index in [2.05, 4.69) is 31.9 Å². The maximum atomic E-state index is 11.9. The number of nitrogens with zero attached hydrogens (tertiary/aromatic N) is 1. The molecule has 0 unspecified atom stereocenters. The summed E-state index contributed by atoms with van der Waals surface area (Å²) in [4.78, 5) is 12.4. The van der Waals surface area contributed by atoms with Crippen molar-refractivity contribution in [2.75, 3.05) is 0 Å². The standard InChI is InChI=1S/C9H8Br2ClNO3S/c10-7-3-1-2-4-6(5(3)8(7)11)9(14)13(4)17(12,15)16/h1-8H/t3-,4-,5-,6+,7-,8+/m1/s1. The van der Waals surface area contributed by atoms with Crippen LogP contribution in [-0.4, -0.2) is 34.3 Å². The Labute approximate surface area is 120 Å². The highest BCUT2D eigenvalue weighted by molar-refractivity contribution is 9.12. The highest BCUT2D eigenvalue weighted by atomic mass is 79.9. The van der Waals surface area contributed by atoms with Gasteiger partial charge in [0, 0.05) is 20.3 Å². The molecule has 1 amide bonds. The molecule has 4 nitrogen and oxygen atoms in total. The van der Waals surface area contributed by atoms with E-state index in [4.69, 9.17) is 10.7 Å². The molecule has 0 aromatic heterocycles. The fourth-order valence-electron chi connectivity index (χ4n) is 2.96. The Balaban J connectivity index is 1.93. The van der Waals surface area contributed by atoms with E-state index in [-0.39, 0.29) is 22.6 Å². The largest absolute Gasteiger partial charge is 0.324 e. The van der Waals surface area contributed by atoms with E-state index < -0.39 is 15.3 Å². The van der Waals surface area contributed by atoms with Gasteiger partial charge in [0.25, 0.3) is 0 Å². The Hall–Kier alpha value is 0.410. The summed E-state index contributed by atoms with van der Waals surface area (Å²) in [5, 5.41) is 0. The first kappa shape index (κ1) is 12.4. The molecule has 1 saturated carbocycles. The van der Waals surface area contributed by atoms with Crippen LogP contribution >= 0.6 is 42.5 Å². The van der Waals surface area contributed by atoms with Crippen LogP contribution in [0.1, 0.15) is 0 Å². The maximum Gasteiger partial charge on any atom is 0.324 e. The number of hydrogen-bond acceptors (Lipinski definition) is 3. The van der Waals surface area contributed by atoms with E-state index in [1.807, 2.05) is 6.08 Å². The molecule has 17 heavy (non-hydrogen) atoms. The van der Waals surface area contributed by atoms with Gasteiger partial charge < -0.3 is 0 Å². The van der Waals surface area contributed by atoms with Gasteiger partial charge in [-0.1, -0.05) is 44.0 Å². The third-order valence-corrected chi connectivity index (χ3v) is 8.21. The summed E-state index contributed by atoms with van der Waals surface area (Å²) in [6.07, 6.45) is 3.75. The topological polar surface area (TPSA) is 54.5 Å².